The summed E-state index contributed by atoms with van der Waals surface area (Å²) in [5.74, 6) is 2.24. The van der Waals surface area contributed by atoms with Gasteiger partial charge >= 0.3 is 0 Å². The highest BCUT2D eigenvalue weighted by atomic mass is 14.9. The highest BCUT2D eigenvalue weighted by Crippen LogP contribution is 2.30. The number of nitrogens with zero attached hydrogens (tertiary/aromatic N) is 5. The molecule has 0 N–H and O–H groups in total. The van der Waals surface area contributed by atoms with Crippen molar-refractivity contribution in [2.24, 2.45) is 35.2 Å². The van der Waals surface area contributed by atoms with Crippen molar-refractivity contribution in [3.05, 3.63) is 265 Å². The van der Waals surface area contributed by atoms with E-state index in [9.17, 15) is 0 Å². The molecule has 0 saturated carbocycles. The summed E-state index contributed by atoms with van der Waals surface area (Å²) in [5.41, 5.74) is 30.4. The zero-order valence-electron chi connectivity index (χ0n) is 70.2. The zero-order chi connectivity index (χ0) is 76.6. The van der Waals surface area contributed by atoms with Crippen LogP contribution >= 0.6 is 0 Å². The van der Waals surface area contributed by atoms with Crippen LogP contribution in [-0.4, -0.2) is 0 Å². The molecule has 5 heteroatoms. The number of aromatic nitrogens is 5. The van der Waals surface area contributed by atoms with Crippen molar-refractivity contribution in [1.82, 2.24) is 0 Å². The van der Waals surface area contributed by atoms with E-state index in [-0.39, 0.29) is 11.1 Å². The van der Waals surface area contributed by atoms with Crippen LogP contribution in [0.25, 0.3) is 56.3 Å². The monoisotopic (exact) mass is 1230 g/mol. The average molecular weight is 1230 g/mol. The number of hydrogen-bond donors (Lipinski definition) is 0. The predicted octanol–water partition coefficient (Wildman–Crippen LogP) is 19.6. The quantitative estimate of drug-likeness (QED) is 0.122. The lowest BCUT2D eigenvalue weighted by molar-refractivity contribution is -0.661. The maximum absolute atomic E-state index is 7.87. The Balaban J connectivity index is 0.000000201. The first-order valence-corrected chi connectivity index (χ1v) is 32.2. The molecule has 10 rings (SSSR count). The van der Waals surface area contributed by atoms with Crippen molar-refractivity contribution in [2.45, 2.75) is 175 Å². The molecule has 476 valence electrons. The van der Waals surface area contributed by atoms with Gasteiger partial charge in [-0.15, -0.1) is 0 Å². The molecule has 0 aliphatic rings. The normalized spacial score (nSPS) is 13.3. The summed E-state index contributed by atoms with van der Waals surface area (Å²) < 4.78 is 93.0. The van der Waals surface area contributed by atoms with Crippen LogP contribution in [0.15, 0.2) is 171 Å². The minimum Gasteiger partial charge on any atom is -0.201 e. The van der Waals surface area contributed by atoms with E-state index in [4.69, 9.17) is 15.1 Å². The van der Waals surface area contributed by atoms with E-state index in [1.807, 2.05) is 17.7 Å². The van der Waals surface area contributed by atoms with E-state index < -0.39 is 26.9 Å². The van der Waals surface area contributed by atoms with Crippen LogP contribution in [0, 0.1) is 82.9 Å². The second-order valence-electron chi connectivity index (χ2n) is 26.4. The Hall–Kier alpha value is -8.15. The molecule has 5 aromatic heterocycles. The number of aryl methyl sites for hydroxylation is 18. The second kappa shape index (κ2) is 32.2. The summed E-state index contributed by atoms with van der Waals surface area (Å²) in [4.78, 5) is 0. The van der Waals surface area contributed by atoms with E-state index in [1.54, 1.807) is 42.9 Å². The SMILES string of the molecule is Cc1cc(-c2ccc(C(C)C)cc2C)[n+](C)cc1C.Cc1cc(C(C)C)ccc1-c1ccc(C(C)C)c[n+]1C.Cc1ccc(-c2cc(C)c(C)c[n+]2C)c(C)c1.[2H]C([2H])([2H])c1ccc(-c2ccc(C(C)C)cc2C)[n+](C)c1.[2H]C([2H])([2H])c1ccc(-c2ccc(C([2H])([2H])C([2H])([2H])[2H])cc2C)[n+](C)c1. The van der Waals surface area contributed by atoms with Crippen molar-refractivity contribution in [1.29, 1.82) is 0 Å². The summed E-state index contributed by atoms with van der Waals surface area (Å²) in [6.07, 6.45) is 7.44. The molecule has 0 saturated heterocycles. The Morgan fingerprint density at radius 3 is 0.923 bits per heavy atom. The zero-order valence-corrected chi connectivity index (χ0v) is 59.2. The van der Waals surface area contributed by atoms with Gasteiger partial charge in [-0.3, -0.25) is 0 Å². The van der Waals surface area contributed by atoms with Gasteiger partial charge in [0.05, 0.1) is 0 Å². The van der Waals surface area contributed by atoms with Crippen molar-refractivity contribution in [2.75, 3.05) is 0 Å². The summed E-state index contributed by atoms with van der Waals surface area (Å²) in [6.45, 7) is 32.0. The molecule has 0 spiro atoms. The molecule has 0 aliphatic heterocycles. The number of pyridine rings is 5. The molecule has 5 heterocycles. The predicted molar refractivity (Wildman–Crippen MR) is 388 cm³/mol. The standard InChI is InChI=1S/C19H26N.C18H24N.C17H22N.2C16H20N/c1-13(2)16-7-9-18(15(5)11-16)19-10-8-17(14(3)4)12-20(19)6;1-12(2)16-7-8-17(14(4)9-16)18-10-13(3)15(5)11-19(18)6;1-12(2)15-7-8-16(14(4)10-15)17-9-6-13(3)11-18(17)5;1-11-6-7-15(13(3)8-11)16-9-12(2)14(4)10-17(16)5;1-5-14-7-8-15(13(3)10-14)16-9-6-12(2)11-17(16)4/h7-14H,1-6H3;7-12H,1-6H3;6-12H,1-5H3;6-10H,1-5H3;6-11H,5H2,1-4H3/q5*+1/i;;3D3;;1D3,2D3,5D2. The van der Waals surface area contributed by atoms with Crippen molar-refractivity contribution >= 4 is 0 Å². The van der Waals surface area contributed by atoms with Crippen LogP contribution in [0.2, 0.25) is 0 Å². The number of benzene rings is 5. The lowest BCUT2D eigenvalue weighted by Crippen LogP contribution is -2.31. The van der Waals surface area contributed by atoms with Gasteiger partial charge in [0.25, 0.3) is 0 Å². The molecule has 0 unspecified atom stereocenters. The maximum atomic E-state index is 7.87. The molecule has 5 aromatic carbocycles. The van der Waals surface area contributed by atoms with Gasteiger partial charge in [-0.25, -0.2) is 22.8 Å². The van der Waals surface area contributed by atoms with Crippen LogP contribution < -0.4 is 22.8 Å². The van der Waals surface area contributed by atoms with Gasteiger partial charge in [-0.1, -0.05) is 128 Å². The van der Waals surface area contributed by atoms with E-state index in [0.29, 0.717) is 34.8 Å². The summed E-state index contributed by atoms with van der Waals surface area (Å²) in [6, 6.07) is 47.3. The fourth-order valence-corrected chi connectivity index (χ4v) is 11.5. The Labute approximate surface area is 567 Å². The minimum atomic E-state index is -2.76. The third-order valence-electron chi connectivity index (χ3n) is 17.5. The van der Waals surface area contributed by atoms with E-state index in [0.717, 1.165) is 22.5 Å². The number of rotatable bonds is 10. The molecule has 0 aliphatic carbocycles. The fraction of sp³-hybridized carbons (Fsp3) is 0.360. The molecule has 10 aromatic rings. The van der Waals surface area contributed by atoms with Gasteiger partial charge in [0.2, 0.25) is 28.5 Å². The first-order chi connectivity index (χ1) is 47.2. The molecular weight excluding hydrogens is 1100 g/mol. The number of hydrogen-bond acceptors (Lipinski definition) is 0. The maximum Gasteiger partial charge on any atom is 0.212 e. The van der Waals surface area contributed by atoms with Crippen LogP contribution in [0.1, 0.15) is 196 Å². The van der Waals surface area contributed by atoms with Crippen LogP contribution in [-0.2, 0) is 41.6 Å². The lowest BCUT2D eigenvalue weighted by Gasteiger charge is -2.11. The smallest absolute Gasteiger partial charge is 0.201 e. The van der Waals surface area contributed by atoms with Crippen LogP contribution in [0.5, 0.6) is 0 Å². The van der Waals surface area contributed by atoms with Gasteiger partial charge in [-0.05, 0) is 223 Å². The molecule has 0 radical (unpaired) electrons. The Kier molecular flexibility index (Phi) is 20.1. The summed E-state index contributed by atoms with van der Waals surface area (Å²) in [7, 11) is 10.00. The van der Waals surface area contributed by atoms with Crippen molar-refractivity contribution in [3.63, 3.8) is 0 Å². The van der Waals surface area contributed by atoms with E-state index >= 15 is 0 Å². The van der Waals surface area contributed by atoms with Gasteiger partial charge < -0.3 is 0 Å². The van der Waals surface area contributed by atoms with Gasteiger partial charge in [-0.2, -0.15) is 0 Å². The first-order valence-electron chi connectivity index (χ1n) is 37.7. The van der Waals surface area contributed by atoms with Gasteiger partial charge in [0.1, 0.15) is 35.2 Å². The molecular formula is C86H112N5+5. The minimum absolute atomic E-state index is 0.0931. The molecule has 5 nitrogen and oxygen atoms in total. The fourth-order valence-electron chi connectivity index (χ4n) is 11.5. The topological polar surface area (TPSA) is 19.4 Å². The van der Waals surface area contributed by atoms with Crippen molar-refractivity contribution in [3.8, 4) is 56.3 Å². The van der Waals surface area contributed by atoms with Crippen LogP contribution in [0.4, 0.5) is 0 Å². The third-order valence-corrected chi connectivity index (χ3v) is 17.5. The highest BCUT2D eigenvalue weighted by molar-refractivity contribution is 5.66. The molecule has 0 atom stereocenters. The highest BCUT2D eigenvalue weighted by Gasteiger charge is 2.19. The summed E-state index contributed by atoms with van der Waals surface area (Å²) in [5, 5.41) is 0. The summed E-state index contributed by atoms with van der Waals surface area (Å²) >= 11 is 0. The Bertz CT molecular complexity index is 4530. The molecule has 0 bridgehead atoms. The molecule has 0 amide bonds. The van der Waals surface area contributed by atoms with E-state index in [1.165, 1.54) is 130 Å². The van der Waals surface area contributed by atoms with Crippen molar-refractivity contribution < 1.29 is 37.9 Å². The third kappa shape index (κ3) is 19.0. The Morgan fingerprint density at radius 1 is 0.286 bits per heavy atom. The Morgan fingerprint density at radius 2 is 0.593 bits per heavy atom. The molecule has 91 heavy (non-hydrogen) atoms. The average Bonchev–Trinajstić information content (AvgIpc) is 0.786. The first kappa shape index (κ1) is 56.8. The largest absolute Gasteiger partial charge is 0.212 e. The lowest BCUT2D eigenvalue weighted by atomic mass is 9.95. The van der Waals surface area contributed by atoms with Crippen LogP contribution in [0.3, 0.4) is 0 Å². The molecule has 0 fully saturated rings. The van der Waals surface area contributed by atoms with Gasteiger partial charge in [0.15, 0.2) is 31.0 Å². The second-order valence-corrected chi connectivity index (χ2v) is 26.4. The van der Waals surface area contributed by atoms with Gasteiger partial charge in [0, 0.05) is 101 Å². The van der Waals surface area contributed by atoms with E-state index in [2.05, 4.69) is 268 Å².